The molecule has 14 heavy (non-hydrogen) atoms. The Kier molecular flexibility index (Phi) is 8.59. The van der Waals surface area contributed by atoms with Gasteiger partial charge in [0.15, 0.2) is 0 Å². The van der Waals surface area contributed by atoms with E-state index in [9.17, 15) is 0 Å². The van der Waals surface area contributed by atoms with Gasteiger partial charge in [-0.15, -0.1) is 0 Å². The van der Waals surface area contributed by atoms with E-state index in [4.69, 9.17) is 10.2 Å². The van der Waals surface area contributed by atoms with E-state index < -0.39 is 0 Å². The lowest BCUT2D eigenvalue weighted by Crippen LogP contribution is -1.85. The third-order valence-electron chi connectivity index (χ3n) is 2.20. The maximum atomic E-state index is 8.64. The van der Waals surface area contributed by atoms with Crippen molar-refractivity contribution in [3.8, 4) is 0 Å². The first-order valence-electron chi connectivity index (χ1n) is 5.23. The summed E-state index contributed by atoms with van der Waals surface area (Å²) in [5, 5.41) is 17.3. The summed E-state index contributed by atoms with van der Waals surface area (Å²) in [6.45, 7) is 4.54. The SMILES string of the molecule is C/C(=C\CO)CC/C=C(\C)CCCO. The smallest absolute Gasteiger partial charge is 0.0614 e. The van der Waals surface area contributed by atoms with Crippen LogP contribution in [0.2, 0.25) is 0 Å². The molecule has 0 unspecified atom stereocenters. The highest BCUT2D eigenvalue weighted by Crippen LogP contribution is 2.09. The van der Waals surface area contributed by atoms with E-state index in [1.165, 1.54) is 11.1 Å². The fourth-order valence-corrected chi connectivity index (χ4v) is 1.26. The molecule has 0 rings (SSSR count). The molecule has 82 valence electrons. The molecule has 0 fully saturated rings. The van der Waals surface area contributed by atoms with Crippen molar-refractivity contribution in [3.63, 3.8) is 0 Å². The minimum absolute atomic E-state index is 0.138. The van der Waals surface area contributed by atoms with E-state index >= 15 is 0 Å². The predicted octanol–water partition coefficient (Wildman–Crippen LogP) is 2.42. The first-order chi connectivity index (χ1) is 6.70. The Morgan fingerprint density at radius 2 is 1.64 bits per heavy atom. The predicted molar refractivity (Wildman–Crippen MR) is 60.2 cm³/mol. The number of rotatable bonds is 7. The van der Waals surface area contributed by atoms with Crippen LogP contribution in [-0.4, -0.2) is 23.4 Å². The van der Waals surface area contributed by atoms with E-state index in [1.54, 1.807) is 0 Å². The molecular weight excluding hydrogens is 176 g/mol. The van der Waals surface area contributed by atoms with E-state index in [2.05, 4.69) is 13.0 Å². The maximum absolute atomic E-state index is 8.64. The molecule has 0 aliphatic heterocycles. The normalized spacial score (nSPS) is 13.4. The van der Waals surface area contributed by atoms with Gasteiger partial charge < -0.3 is 10.2 Å². The molecule has 0 amide bonds. The zero-order valence-corrected chi connectivity index (χ0v) is 9.29. The fourth-order valence-electron chi connectivity index (χ4n) is 1.26. The highest BCUT2D eigenvalue weighted by Gasteiger charge is 1.91. The lowest BCUT2D eigenvalue weighted by atomic mass is 10.1. The number of hydrogen-bond donors (Lipinski definition) is 2. The van der Waals surface area contributed by atoms with Gasteiger partial charge in [0.25, 0.3) is 0 Å². The maximum Gasteiger partial charge on any atom is 0.0614 e. The van der Waals surface area contributed by atoms with E-state index in [1.807, 2.05) is 13.0 Å². The van der Waals surface area contributed by atoms with Gasteiger partial charge in [-0.3, -0.25) is 0 Å². The molecule has 0 aliphatic rings. The zero-order valence-electron chi connectivity index (χ0n) is 9.29. The van der Waals surface area contributed by atoms with Crippen LogP contribution in [0.3, 0.4) is 0 Å². The van der Waals surface area contributed by atoms with Crippen LogP contribution >= 0.6 is 0 Å². The third-order valence-corrected chi connectivity index (χ3v) is 2.20. The zero-order chi connectivity index (χ0) is 10.8. The van der Waals surface area contributed by atoms with Gasteiger partial charge >= 0.3 is 0 Å². The number of aliphatic hydroxyl groups is 2. The Balaban J connectivity index is 3.64. The molecule has 2 heteroatoms. The molecule has 0 heterocycles. The Morgan fingerprint density at radius 3 is 2.21 bits per heavy atom. The van der Waals surface area contributed by atoms with Crippen molar-refractivity contribution in [2.75, 3.05) is 13.2 Å². The molecule has 0 aromatic heterocycles. The van der Waals surface area contributed by atoms with Crippen LogP contribution in [0.1, 0.15) is 39.5 Å². The van der Waals surface area contributed by atoms with Crippen LogP contribution in [0, 0.1) is 0 Å². The second-order valence-corrected chi connectivity index (χ2v) is 3.65. The Morgan fingerprint density at radius 1 is 1.00 bits per heavy atom. The summed E-state index contributed by atoms with van der Waals surface area (Å²) >= 11 is 0. The molecule has 0 aromatic rings. The fraction of sp³-hybridized carbons (Fsp3) is 0.667. The minimum atomic E-state index is 0.138. The number of hydrogen-bond acceptors (Lipinski definition) is 2. The standard InChI is InChI=1S/C12H22O2/c1-11(7-4-9-13)5-3-6-12(2)8-10-14/h5,8,13-14H,3-4,6-7,9-10H2,1-2H3/b11-5+,12-8+. The van der Waals surface area contributed by atoms with Gasteiger partial charge in [0.05, 0.1) is 6.61 Å². The Labute approximate surface area is 87.0 Å². The first kappa shape index (κ1) is 13.4. The van der Waals surface area contributed by atoms with Gasteiger partial charge in [-0.25, -0.2) is 0 Å². The van der Waals surface area contributed by atoms with Crippen molar-refractivity contribution in [1.82, 2.24) is 0 Å². The van der Waals surface area contributed by atoms with Gasteiger partial charge in [-0.05, 0) is 39.5 Å². The molecular formula is C12H22O2. The molecule has 0 saturated carbocycles. The highest BCUT2D eigenvalue weighted by molar-refractivity contribution is 5.03. The molecule has 2 nitrogen and oxygen atoms in total. The summed E-state index contributed by atoms with van der Waals surface area (Å²) in [7, 11) is 0. The molecule has 0 aromatic carbocycles. The van der Waals surface area contributed by atoms with Crippen molar-refractivity contribution < 1.29 is 10.2 Å². The van der Waals surface area contributed by atoms with Gasteiger partial charge in [-0.2, -0.15) is 0 Å². The molecule has 0 atom stereocenters. The van der Waals surface area contributed by atoms with Gasteiger partial charge in [0.2, 0.25) is 0 Å². The van der Waals surface area contributed by atoms with E-state index in [0.717, 1.165) is 25.7 Å². The third kappa shape index (κ3) is 8.02. The number of aliphatic hydroxyl groups excluding tert-OH is 2. The quantitative estimate of drug-likeness (QED) is 0.617. The first-order valence-corrected chi connectivity index (χ1v) is 5.23. The summed E-state index contributed by atoms with van der Waals surface area (Å²) in [6.07, 6.45) is 7.94. The van der Waals surface area contributed by atoms with Crippen molar-refractivity contribution in [3.05, 3.63) is 23.3 Å². The summed E-state index contributed by atoms with van der Waals surface area (Å²) in [5.74, 6) is 0. The van der Waals surface area contributed by atoms with Crippen LogP contribution in [0.4, 0.5) is 0 Å². The molecule has 0 aliphatic carbocycles. The van der Waals surface area contributed by atoms with Crippen molar-refractivity contribution in [1.29, 1.82) is 0 Å². The molecule has 0 bridgehead atoms. The van der Waals surface area contributed by atoms with Crippen molar-refractivity contribution in [2.24, 2.45) is 0 Å². The minimum Gasteiger partial charge on any atom is -0.396 e. The Hall–Kier alpha value is -0.600. The average Bonchev–Trinajstić information content (AvgIpc) is 2.15. The summed E-state index contributed by atoms with van der Waals surface area (Å²) in [6, 6.07) is 0. The second kappa shape index (κ2) is 8.97. The monoisotopic (exact) mass is 198 g/mol. The van der Waals surface area contributed by atoms with Gasteiger partial charge in [0.1, 0.15) is 0 Å². The largest absolute Gasteiger partial charge is 0.396 e. The lowest BCUT2D eigenvalue weighted by Gasteiger charge is -2.00. The summed E-state index contributed by atoms with van der Waals surface area (Å²) in [4.78, 5) is 0. The number of allylic oxidation sites excluding steroid dienone is 3. The van der Waals surface area contributed by atoms with Crippen molar-refractivity contribution in [2.45, 2.75) is 39.5 Å². The van der Waals surface area contributed by atoms with Crippen LogP contribution in [0.5, 0.6) is 0 Å². The molecule has 0 saturated heterocycles. The van der Waals surface area contributed by atoms with E-state index in [0.29, 0.717) is 0 Å². The topological polar surface area (TPSA) is 40.5 Å². The summed E-state index contributed by atoms with van der Waals surface area (Å²) < 4.78 is 0. The van der Waals surface area contributed by atoms with Gasteiger partial charge in [-0.1, -0.05) is 23.3 Å². The van der Waals surface area contributed by atoms with Crippen LogP contribution in [0.25, 0.3) is 0 Å². The van der Waals surface area contributed by atoms with E-state index in [-0.39, 0.29) is 13.2 Å². The van der Waals surface area contributed by atoms with Crippen LogP contribution in [0.15, 0.2) is 23.3 Å². The van der Waals surface area contributed by atoms with Gasteiger partial charge in [0, 0.05) is 6.61 Å². The van der Waals surface area contributed by atoms with Crippen molar-refractivity contribution >= 4 is 0 Å². The molecule has 0 spiro atoms. The van der Waals surface area contributed by atoms with Crippen LogP contribution < -0.4 is 0 Å². The highest BCUT2D eigenvalue weighted by atomic mass is 16.3. The Bertz CT molecular complexity index is 192. The summed E-state index contributed by atoms with van der Waals surface area (Å²) in [5.41, 5.74) is 2.58. The molecule has 0 radical (unpaired) electrons. The lowest BCUT2D eigenvalue weighted by molar-refractivity contribution is 0.288. The average molecular weight is 198 g/mol. The second-order valence-electron chi connectivity index (χ2n) is 3.65. The molecule has 2 N–H and O–H groups in total. The van der Waals surface area contributed by atoms with Crippen LogP contribution in [-0.2, 0) is 0 Å².